The number of urea groups is 1. The number of carboxylic acids is 1. The minimum atomic E-state index is -1.29. The Morgan fingerprint density at radius 2 is 2.00 bits per heavy atom. The number of carboxylic acid groups (broad SMARTS) is 1. The molecule has 1 saturated heterocycles. The van der Waals surface area contributed by atoms with Crippen molar-refractivity contribution < 1.29 is 19.4 Å². The van der Waals surface area contributed by atoms with E-state index >= 15 is 0 Å². The maximum Gasteiger partial charge on any atom is 0.329 e. The summed E-state index contributed by atoms with van der Waals surface area (Å²) >= 11 is 6.00. The third-order valence-corrected chi connectivity index (χ3v) is 3.81. The van der Waals surface area contributed by atoms with Gasteiger partial charge in [-0.05, 0) is 24.6 Å². The first-order chi connectivity index (χ1) is 9.93. The molecule has 0 aliphatic carbocycles. The number of carbonyl (C=O) groups excluding carboxylic acids is 1. The van der Waals surface area contributed by atoms with Crippen molar-refractivity contribution in [2.24, 2.45) is 0 Å². The molecular formula is C14H17ClN2O4. The molecule has 1 aliphatic rings. The van der Waals surface area contributed by atoms with Crippen LogP contribution in [0.2, 0.25) is 5.02 Å². The second-order valence-corrected chi connectivity index (χ2v) is 5.47. The lowest BCUT2D eigenvalue weighted by Crippen LogP contribution is -2.58. The van der Waals surface area contributed by atoms with E-state index in [9.17, 15) is 14.7 Å². The molecular weight excluding hydrogens is 296 g/mol. The Bertz CT molecular complexity index is 556. The highest BCUT2D eigenvalue weighted by atomic mass is 35.5. The largest absolute Gasteiger partial charge is 0.480 e. The first kappa shape index (κ1) is 15.6. The summed E-state index contributed by atoms with van der Waals surface area (Å²) in [4.78, 5) is 23.5. The van der Waals surface area contributed by atoms with E-state index in [1.54, 1.807) is 12.1 Å². The van der Waals surface area contributed by atoms with Gasteiger partial charge in [0, 0.05) is 26.1 Å². The van der Waals surface area contributed by atoms with E-state index in [0.29, 0.717) is 23.9 Å². The molecule has 0 atom stereocenters. The number of aliphatic carboxylic acids is 1. The Morgan fingerprint density at radius 1 is 1.33 bits per heavy atom. The average Bonchev–Trinajstić information content (AvgIpc) is 2.43. The fourth-order valence-corrected chi connectivity index (χ4v) is 2.38. The number of aryl methyl sites for hydroxylation is 1. The molecule has 0 bridgehead atoms. The van der Waals surface area contributed by atoms with Crippen LogP contribution in [0.15, 0.2) is 18.2 Å². The second-order valence-electron chi connectivity index (χ2n) is 5.06. The minimum absolute atomic E-state index is 0.233. The molecule has 0 aromatic heterocycles. The third kappa shape index (κ3) is 3.65. The van der Waals surface area contributed by atoms with Crippen LogP contribution in [-0.4, -0.2) is 35.9 Å². The maximum atomic E-state index is 12.1. The number of nitrogens with one attached hydrogen (secondary N) is 2. The van der Waals surface area contributed by atoms with Crippen LogP contribution in [0.3, 0.4) is 0 Å². The van der Waals surface area contributed by atoms with E-state index in [1.807, 2.05) is 13.0 Å². The molecule has 1 fully saturated rings. The van der Waals surface area contributed by atoms with Gasteiger partial charge >= 0.3 is 12.0 Å². The molecule has 114 valence electrons. The predicted molar refractivity (Wildman–Crippen MR) is 78.8 cm³/mol. The molecule has 1 aromatic rings. The summed E-state index contributed by atoms with van der Waals surface area (Å²) in [6, 6.07) is 4.63. The number of halogens is 1. The van der Waals surface area contributed by atoms with E-state index in [1.165, 1.54) is 0 Å². The lowest BCUT2D eigenvalue weighted by atomic mass is 9.90. The molecule has 21 heavy (non-hydrogen) atoms. The van der Waals surface area contributed by atoms with Crippen LogP contribution in [0.4, 0.5) is 10.5 Å². The topological polar surface area (TPSA) is 87.7 Å². The first-order valence-electron chi connectivity index (χ1n) is 6.59. The minimum Gasteiger partial charge on any atom is -0.480 e. The Labute approximate surface area is 127 Å². The molecule has 0 radical (unpaired) electrons. The molecule has 2 amide bonds. The van der Waals surface area contributed by atoms with Crippen molar-refractivity contribution in [3.05, 3.63) is 28.8 Å². The van der Waals surface area contributed by atoms with Crippen molar-refractivity contribution in [3.8, 4) is 0 Å². The van der Waals surface area contributed by atoms with Crippen molar-refractivity contribution in [1.29, 1.82) is 0 Å². The molecule has 2 rings (SSSR count). The SMILES string of the molecule is Cc1ccc(Cl)c(NC(=O)NC2(C(=O)O)CCOCC2)c1. The lowest BCUT2D eigenvalue weighted by molar-refractivity contribution is -0.148. The number of amides is 2. The quantitative estimate of drug-likeness (QED) is 0.799. The molecule has 6 nitrogen and oxygen atoms in total. The van der Waals surface area contributed by atoms with Gasteiger partial charge in [0.05, 0.1) is 10.7 Å². The zero-order valence-electron chi connectivity index (χ0n) is 11.6. The van der Waals surface area contributed by atoms with Crippen LogP contribution in [0.5, 0.6) is 0 Å². The van der Waals surface area contributed by atoms with Crippen LogP contribution >= 0.6 is 11.6 Å². The lowest BCUT2D eigenvalue weighted by Gasteiger charge is -2.33. The zero-order chi connectivity index (χ0) is 15.5. The molecule has 3 N–H and O–H groups in total. The van der Waals surface area contributed by atoms with Crippen molar-refractivity contribution in [2.45, 2.75) is 25.3 Å². The van der Waals surface area contributed by atoms with Crippen LogP contribution < -0.4 is 10.6 Å². The summed E-state index contributed by atoms with van der Waals surface area (Å²) < 4.78 is 5.15. The third-order valence-electron chi connectivity index (χ3n) is 3.48. The van der Waals surface area contributed by atoms with Gasteiger partial charge in [0.2, 0.25) is 0 Å². The highest BCUT2D eigenvalue weighted by molar-refractivity contribution is 6.33. The van der Waals surface area contributed by atoms with E-state index in [0.717, 1.165) is 5.56 Å². The first-order valence-corrected chi connectivity index (χ1v) is 6.97. The number of benzene rings is 1. The van der Waals surface area contributed by atoms with Crippen LogP contribution in [0.25, 0.3) is 0 Å². The van der Waals surface area contributed by atoms with Gasteiger partial charge in [-0.15, -0.1) is 0 Å². The summed E-state index contributed by atoms with van der Waals surface area (Å²) in [5.41, 5.74) is 0.0917. The van der Waals surface area contributed by atoms with Gasteiger partial charge in [0.25, 0.3) is 0 Å². The second kappa shape index (κ2) is 6.32. The number of hydrogen-bond donors (Lipinski definition) is 3. The van der Waals surface area contributed by atoms with Gasteiger partial charge in [-0.25, -0.2) is 9.59 Å². The van der Waals surface area contributed by atoms with Gasteiger partial charge in [-0.2, -0.15) is 0 Å². The highest BCUT2D eigenvalue weighted by Gasteiger charge is 2.41. The Kier molecular flexibility index (Phi) is 4.69. The summed E-state index contributed by atoms with van der Waals surface area (Å²) in [6.45, 7) is 2.48. The van der Waals surface area contributed by atoms with E-state index < -0.39 is 17.5 Å². The number of carbonyl (C=O) groups is 2. The van der Waals surface area contributed by atoms with Crippen molar-refractivity contribution in [3.63, 3.8) is 0 Å². The monoisotopic (exact) mass is 312 g/mol. The fourth-order valence-electron chi connectivity index (χ4n) is 2.22. The molecule has 1 aromatic carbocycles. The highest BCUT2D eigenvalue weighted by Crippen LogP contribution is 2.24. The molecule has 0 saturated carbocycles. The van der Waals surface area contributed by atoms with Gasteiger partial charge in [-0.3, -0.25) is 0 Å². The normalized spacial score (nSPS) is 17.0. The molecule has 1 heterocycles. The van der Waals surface area contributed by atoms with Crippen molar-refractivity contribution in [2.75, 3.05) is 18.5 Å². The molecule has 7 heteroatoms. The molecule has 0 spiro atoms. The molecule has 1 aliphatic heterocycles. The Hall–Kier alpha value is -1.79. The fraction of sp³-hybridized carbons (Fsp3) is 0.429. The van der Waals surface area contributed by atoms with E-state index in [-0.39, 0.29) is 12.8 Å². The predicted octanol–water partition coefficient (Wildman–Crippen LogP) is 2.40. The van der Waals surface area contributed by atoms with Crippen molar-refractivity contribution in [1.82, 2.24) is 5.32 Å². The van der Waals surface area contributed by atoms with Crippen molar-refractivity contribution >= 4 is 29.3 Å². The number of ether oxygens (including phenoxy) is 1. The van der Waals surface area contributed by atoms with E-state index in [2.05, 4.69) is 10.6 Å². The Morgan fingerprint density at radius 3 is 2.62 bits per heavy atom. The molecule has 0 unspecified atom stereocenters. The summed E-state index contributed by atoms with van der Waals surface area (Å²) in [5.74, 6) is -1.06. The smallest absolute Gasteiger partial charge is 0.329 e. The van der Waals surface area contributed by atoms with Crippen LogP contribution in [0, 0.1) is 6.92 Å². The Balaban J connectivity index is 2.09. The summed E-state index contributed by atoms with van der Waals surface area (Å²) in [5, 5.41) is 14.9. The van der Waals surface area contributed by atoms with Gasteiger partial charge < -0.3 is 20.5 Å². The maximum absolute atomic E-state index is 12.1. The van der Waals surface area contributed by atoms with Crippen LogP contribution in [-0.2, 0) is 9.53 Å². The van der Waals surface area contributed by atoms with Gasteiger partial charge in [0.1, 0.15) is 5.54 Å². The number of rotatable bonds is 3. The average molecular weight is 313 g/mol. The summed E-state index contributed by atoms with van der Waals surface area (Å²) in [7, 11) is 0. The van der Waals surface area contributed by atoms with Crippen LogP contribution in [0.1, 0.15) is 18.4 Å². The number of anilines is 1. The van der Waals surface area contributed by atoms with Gasteiger partial charge in [-0.1, -0.05) is 17.7 Å². The zero-order valence-corrected chi connectivity index (χ0v) is 12.4. The van der Waals surface area contributed by atoms with Gasteiger partial charge in [0.15, 0.2) is 0 Å². The van der Waals surface area contributed by atoms with E-state index in [4.69, 9.17) is 16.3 Å². The summed E-state index contributed by atoms with van der Waals surface area (Å²) in [6.07, 6.45) is 0.467. The standard InChI is InChI=1S/C14H17ClN2O4/c1-9-2-3-10(15)11(8-9)16-13(20)17-14(12(18)19)4-6-21-7-5-14/h2-3,8H,4-7H2,1H3,(H,18,19)(H2,16,17,20). The number of hydrogen-bond acceptors (Lipinski definition) is 3.